The Labute approximate surface area is 147 Å². The van der Waals surface area contributed by atoms with Gasteiger partial charge in [0.1, 0.15) is 5.82 Å². The van der Waals surface area contributed by atoms with Crippen LogP contribution in [0.25, 0.3) is 0 Å². The first-order chi connectivity index (χ1) is 11.5. The third kappa shape index (κ3) is 3.97. The topological polar surface area (TPSA) is 35.5 Å². The Kier molecular flexibility index (Phi) is 5.54. The van der Waals surface area contributed by atoms with Crippen LogP contribution in [0.2, 0.25) is 0 Å². The van der Waals surface area contributed by atoms with Gasteiger partial charge in [0.05, 0.1) is 6.10 Å². The van der Waals surface area contributed by atoms with E-state index < -0.39 is 0 Å². The lowest BCUT2D eigenvalue weighted by atomic mass is 10.0. The standard InChI is InChI=1S/C19H25FN2OS/c1-13(21-14(2)19-4-3-11-24-19)17-12-15(20)5-6-18(17)22-9-7-16(23)8-10-22/h3-6,11-14,16,21,23H,7-10H2,1-2H3. The summed E-state index contributed by atoms with van der Waals surface area (Å²) >= 11 is 1.73. The number of piperidine rings is 1. The molecule has 2 N–H and O–H groups in total. The number of thiophene rings is 1. The molecule has 0 radical (unpaired) electrons. The van der Waals surface area contributed by atoms with Gasteiger partial charge >= 0.3 is 0 Å². The van der Waals surface area contributed by atoms with Gasteiger partial charge in [-0.05, 0) is 61.9 Å². The summed E-state index contributed by atoms with van der Waals surface area (Å²) in [7, 11) is 0. The summed E-state index contributed by atoms with van der Waals surface area (Å²) in [5.41, 5.74) is 2.05. The predicted molar refractivity (Wildman–Crippen MR) is 98.1 cm³/mol. The number of aliphatic hydroxyl groups is 1. The van der Waals surface area contributed by atoms with Crippen molar-refractivity contribution in [2.75, 3.05) is 18.0 Å². The van der Waals surface area contributed by atoms with E-state index >= 15 is 0 Å². The van der Waals surface area contributed by atoms with Gasteiger partial charge in [-0.3, -0.25) is 0 Å². The maximum atomic E-state index is 13.9. The zero-order chi connectivity index (χ0) is 17.1. The van der Waals surface area contributed by atoms with Crippen molar-refractivity contribution in [1.29, 1.82) is 0 Å². The molecule has 0 spiro atoms. The molecule has 1 aromatic heterocycles. The number of halogens is 1. The predicted octanol–water partition coefficient (Wildman–Crippen LogP) is 4.26. The quantitative estimate of drug-likeness (QED) is 0.847. The molecule has 1 aromatic carbocycles. The third-order valence-corrected chi connectivity index (χ3v) is 5.79. The van der Waals surface area contributed by atoms with Gasteiger partial charge in [-0.25, -0.2) is 4.39 Å². The van der Waals surface area contributed by atoms with Gasteiger partial charge in [0.15, 0.2) is 0 Å². The molecule has 0 saturated carbocycles. The summed E-state index contributed by atoms with van der Waals surface area (Å²) < 4.78 is 13.9. The first-order valence-electron chi connectivity index (χ1n) is 8.56. The smallest absolute Gasteiger partial charge is 0.123 e. The number of anilines is 1. The summed E-state index contributed by atoms with van der Waals surface area (Å²) in [6, 6.07) is 9.47. The van der Waals surface area contributed by atoms with Crippen molar-refractivity contribution in [2.24, 2.45) is 0 Å². The van der Waals surface area contributed by atoms with Crippen molar-refractivity contribution in [3.8, 4) is 0 Å². The summed E-state index contributed by atoms with van der Waals surface area (Å²) in [5, 5.41) is 15.4. The molecule has 0 amide bonds. The van der Waals surface area contributed by atoms with E-state index in [0.29, 0.717) is 0 Å². The van der Waals surface area contributed by atoms with E-state index in [1.165, 1.54) is 10.9 Å². The Balaban J connectivity index is 1.79. The number of rotatable bonds is 5. The average molecular weight is 348 g/mol. The molecule has 1 saturated heterocycles. The lowest BCUT2D eigenvalue weighted by molar-refractivity contribution is 0.145. The van der Waals surface area contributed by atoms with Crippen LogP contribution in [0, 0.1) is 5.82 Å². The van der Waals surface area contributed by atoms with Crippen molar-refractivity contribution in [2.45, 2.75) is 44.9 Å². The zero-order valence-corrected chi connectivity index (χ0v) is 15.0. The van der Waals surface area contributed by atoms with E-state index in [1.807, 2.05) is 6.07 Å². The van der Waals surface area contributed by atoms with E-state index in [4.69, 9.17) is 0 Å². The van der Waals surface area contributed by atoms with Crippen LogP contribution in [0.5, 0.6) is 0 Å². The van der Waals surface area contributed by atoms with E-state index in [-0.39, 0.29) is 24.0 Å². The average Bonchev–Trinajstić information content (AvgIpc) is 3.10. The van der Waals surface area contributed by atoms with Gasteiger partial charge in [-0.15, -0.1) is 11.3 Å². The summed E-state index contributed by atoms with van der Waals surface area (Å²) in [6.45, 7) is 5.85. The molecule has 2 unspecified atom stereocenters. The van der Waals surface area contributed by atoms with Crippen LogP contribution >= 0.6 is 11.3 Å². The molecule has 2 aromatic rings. The van der Waals surface area contributed by atoms with E-state index in [9.17, 15) is 9.50 Å². The van der Waals surface area contributed by atoms with E-state index in [0.717, 1.165) is 37.2 Å². The molecule has 5 heteroatoms. The highest BCUT2D eigenvalue weighted by molar-refractivity contribution is 7.10. The van der Waals surface area contributed by atoms with Gasteiger partial charge in [0.25, 0.3) is 0 Å². The highest BCUT2D eigenvalue weighted by Gasteiger charge is 2.22. The molecular weight excluding hydrogens is 323 g/mol. The van der Waals surface area contributed by atoms with Crippen molar-refractivity contribution in [3.05, 3.63) is 52.0 Å². The minimum absolute atomic E-state index is 0.0413. The number of nitrogens with zero attached hydrogens (tertiary/aromatic N) is 1. The van der Waals surface area contributed by atoms with Crippen LogP contribution in [0.3, 0.4) is 0 Å². The first-order valence-corrected chi connectivity index (χ1v) is 9.44. The van der Waals surface area contributed by atoms with Crippen molar-refractivity contribution >= 4 is 17.0 Å². The Bertz CT molecular complexity index is 653. The fraction of sp³-hybridized carbons (Fsp3) is 0.474. The molecule has 24 heavy (non-hydrogen) atoms. The lowest BCUT2D eigenvalue weighted by Gasteiger charge is -2.34. The number of hydrogen-bond acceptors (Lipinski definition) is 4. The van der Waals surface area contributed by atoms with Gasteiger partial charge in [0.2, 0.25) is 0 Å². The maximum Gasteiger partial charge on any atom is 0.123 e. The normalized spacial score (nSPS) is 18.6. The van der Waals surface area contributed by atoms with Crippen LogP contribution in [0.15, 0.2) is 35.7 Å². The van der Waals surface area contributed by atoms with Crippen LogP contribution in [0.1, 0.15) is 49.2 Å². The lowest BCUT2D eigenvalue weighted by Crippen LogP contribution is -2.37. The molecule has 0 aliphatic carbocycles. The SMILES string of the molecule is CC(NC(C)c1cc(F)ccc1N1CCC(O)CC1)c1cccs1. The van der Waals surface area contributed by atoms with Gasteiger partial charge in [-0.2, -0.15) is 0 Å². The Morgan fingerprint density at radius 3 is 2.62 bits per heavy atom. The fourth-order valence-electron chi connectivity index (χ4n) is 3.35. The molecule has 3 nitrogen and oxygen atoms in total. The van der Waals surface area contributed by atoms with Crippen LogP contribution in [0.4, 0.5) is 10.1 Å². The fourth-order valence-corrected chi connectivity index (χ4v) is 4.10. The van der Waals surface area contributed by atoms with Gasteiger partial charge in [-0.1, -0.05) is 6.07 Å². The number of hydrogen-bond donors (Lipinski definition) is 2. The van der Waals surface area contributed by atoms with Crippen LogP contribution < -0.4 is 10.2 Å². The molecule has 0 bridgehead atoms. The molecule has 1 aliphatic heterocycles. The van der Waals surface area contributed by atoms with E-state index in [2.05, 4.69) is 41.6 Å². The molecule has 2 heterocycles. The molecule has 3 rings (SSSR count). The molecule has 130 valence electrons. The highest BCUT2D eigenvalue weighted by Crippen LogP contribution is 2.31. The number of nitrogens with one attached hydrogen (secondary N) is 1. The minimum atomic E-state index is -0.209. The molecular formula is C19H25FN2OS. The Hall–Kier alpha value is -1.43. The van der Waals surface area contributed by atoms with Gasteiger partial charge in [0, 0.05) is 35.7 Å². The summed E-state index contributed by atoms with van der Waals surface area (Å²) in [4.78, 5) is 3.54. The highest BCUT2D eigenvalue weighted by atomic mass is 32.1. The zero-order valence-electron chi connectivity index (χ0n) is 14.2. The maximum absolute atomic E-state index is 13.9. The van der Waals surface area contributed by atoms with Gasteiger partial charge < -0.3 is 15.3 Å². The molecule has 1 aliphatic rings. The van der Waals surface area contributed by atoms with E-state index in [1.54, 1.807) is 17.4 Å². The first kappa shape index (κ1) is 17.4. The molecule has 2 atom stereocenters. The van der Waals surface area contributed by atoms with Crippen molar-refractivity contribution < 1.29 is 9.50 Å². The third-order valence-electron chi connectivity index (χ3n) is 4.73. The monoisotopic (exact) mass is 348 g/mol. The van der Waals surface area contributed by atoms with Crippen LogP contribution in [-0.4, -0.2) is 24.3 Å². The van der Waals surface area contributed by atoms with Crippen LogP contribution in [-0.2, 0) is 0 Å². The summed E-state index contributed by atoms with van der Waals surface area (Å²) in [6.07, 6.45) is 1.33. The second-order valence-electron chi connectivity index (χ2n) is 6.55. The largest absolute Gasteiger partial charge is 0.393 e. The second kappa shape index (κ2) is 7.64. The number of aliphatic hydroxyl groups excluding tert-OH is 1. The molecule has 1 fully saturated rings. The summed E-state index contributed by atoms with van der Waals surface area (Å²) in [5.74, 6) is -0.205. The minimum Gasteiger partial charge on any atom is -0.393 e. The Morgan fingerprint density at radius 1 is 1.21 bits per heavy atom. The second-order valence-corrected chi connectivity index (χ2v) is 7.53. The van der Waals surface area contributed by atoms with Crippen molar-refractivity contribution in [1.82, 2.24) is 5.32 Å². The Morgan fingerprint density at radius 2 is 1.96 bits per heavy atom. The van der Waals surface area contributed by atoms with Crippen molar-refractivity contribution in [3.63, 3.8) is 0 Å². The number of benzene rings is 1.